The van der Waals surface area contributed by atoms with Crippen LogP contribution in [0.15, 0.2) is 24.3 Å². The molecule has 1 aliphatic heterocycles. The van der Waals surface area contributed by atoms with Crippen molar-refractivity contribution in [3.8, 4) is 0 Å². The Morgan fingerprint density at radius 2 is 1.80 bits per heavy atom. The van der Waals surface area contributed by atoms with Gasteiger partial charge < -0.3 is 15.3 Å². The van der Waals surface area contributed by atoms with Crippen molar-refractivity contribution in [3.63, 3.8) is 0 Å². The first kappa shape index (κ1) is 17.5. The Morgan fingerprint density at radius 1 is 1.12 bits per heavy atom. The molecular weight excluding hydrogens is 320 g/mol. The second-order valence-electron chi connectivity index (χ2n) is 7.13. The Morgan fingerprint density at radius 3 is 2.36 bits per heavy atom. The summed E-state index contributed by atoms with van der Waals surface area (Å²) in [5.74, 6) is -0.932. The monoisotopic (exact) mass is 344 g/mol. The average molecular weight is 344 g/mol. The van der Waals surface area contributed by atoms with E-state index in [0.717, 1.165) is 31.4 Å². The average Bonchev–Trinajstić information content (AvgIpc) is 3.17. The third kappa shape index (κ3) is 4.18. The molecule has 134 valence electrons. The Bertz CT molecular complexity index is 663. The maximum absolute atomic E-state index is 12.5. The number of nitrogens with zero attached hydrogens (tertiary/aromatic N) is 1. The van der Waals surface area contributed by atoms with Gasteiger partial charge in [-0.25, -0.2) is 0 Å². The largest absolute Gasteiger partial charge is 0.481 e. The lowest BCUT2D eigenvalue weighted by atomic mass is 9.92. The Hall–Kier alpha value is -2.37. The summed E-state index contributed by atoms with van der Waals surface area (Å²) in [4.78, 5) is 37.2. The Balaban J connectivity index is 1.64. The third-order valence-corrected chi connectivity index (χ3v) is 5.19. The van der Waals surface area contributed by atoms with Crippen molar-refractivity contribution in [2.24, 2.45) is 0 Å². The summed E-state index contributed by atoms with van der Waals surface area (Å²) in [6.07, 6.45) is 4.79. The first-order chi connectivity index (χ1) is 12.0. The van der Waals surface area contributed by atoms with Gasteiger partial charge in [0.1, 0.15) is 0 Å². The van der Waals surface area contributed by atoms with Gasteiger partial charge in [0, 0.05) is 25.1 Å². The molecular formula is C19H24N2O4. The van der Waals surface area contributed by atoms with Crippen LogP contribution in [0.5, 0.6) is 0 Å². The SMILES string of the molecule is O=C(O)CC1(NC(=O)c2ccc(CN3CCCC3=O)cc2)CCCC1. The highest BCUT2D eigenvalue weighted by atomic mass is 16.4. The lowest BCUT2D eigenvalue weighted by molar-refractivity contribution is -0.138. The third-order valence-electron chi connectivity index (χ3n) is 5.19. The van der Waals surface area contributed by atoms with Crippen molar-refractivity contribution < 1.29 is 19.5 Å². The molecule has 1 saturated carbocycles. The molecule has 2 fully saturated rings. The fourth-order valence-corrected chi connectivity index (χ4v) is 3.85. The molecule has 2 amide bonds. The molecule has 1 heterocycles. The fraction of sp³-hybridized carbons (Fsp3) is 0.526. The van der Waals surface area contributed by atoms with Crippen molar-refractivity contribution in [3.05, 3.63) is 35.4 Å². The summed E-state index contributed by atoms with van der Waals surface area (Å²) in [7, 11) is 0. The first-order valence-corrected chi connectivity index (χ1v) is 8.88. The molecule has 6 nitrogen and oxygen atoms in total. The van der Waals surface area contributed by atoms with Crippen LogP contribution in [0.4, 0.5) is 0 Å². The second kappa shape index (κ2) is 7.25. The van der Waals surface area contributed by atoms with E-state index in [-0.39, 0.29) is 18.2 Å². The number of rotatable bonds is 6. The zero-order valence-corrected chi connectivity index (χ0v) is 14.3. The fourth-order valence-electron chi connectivity index (χ4n) is 3.85. The van der Waals surface area contributed by atoms with E-state index in [0.29, 0.717) is 31.4 Å². The van der Waals surface area contributed by atoms with Crippen molar-refractivity contribution in [2.75, 3.05) is 6.54 Å². The number of amides is 2. The smallest absolute Gasteiger partial charge is 0.305 e. The lowest BCUT2D eigenvalue weighted by Crippen LogP contribution is -2.47. The standard InChI is InChI=1S/C19H24N2O4/c22-16-4-3-11-21(16)13-14-5-7-15(8-6-14)18(25)20-19(12-17(23)24)9-1-2-10-19/h5-8H,1-4,9-13H2,(H,20,25)(H,23,24). The molecule has 1 aliphatic carbocycles. The van der Waals surface area contributed by atoms with Crippen LogP contribution in [0.2, 0.25) is 0 Å². The van der Waals surface area contributed by atoms with Gasteiger partial charge in [0.15, 0.2) is 0 Å². The van der Waals surface area contributed by atoms with Gasteiger partial charge in [0.25, 0.3) is 5.91 Å². The van der Waals surface area contributed by atoms with E-state index < -0.39 is 11.5 Å². The highest BCUT2D eigenvalue weighted by Gasteiger charge is 2.37. The molecule has 3 rings (SSSR count). The van der Waals surface area contributed by atoms with Gasteiger partial charge >= 0.3 is 5.97 Å². The molecule has 0 bridgehead atoms. The number of carboxylic acids is 1. The van der Waals surface area contributed by atoms with E-state index in [4.69, 9.17) is 5.11 Å². The van der Waals surface area contributed by atoms with Crippen LogP contribution < -0.4 is 5.32 Å². The second-order valence-corrected chi connectivity index (χ2v) is 7.13. The van der Waals surface area contributed by atoms with Gasteiger partial charge in [-0.1, -0.05) is 25.0 Å². The van der Waals surface area contributed by atoms with Gasteiger partial charge in [-0.05, 0) is 37.0 Å². The molecule has 2 N–H and O–H groups in total. The summed E-state index contributed by atoms with van der Waals surface area (Å²) in [5, 5.41) is 12.1. The van der Waals surface area contributed by atoms with Gasteiger partial charge in [-0.2, -0.15) is 0 Å². The number of likely N-dealkylation sites (tertiary alicyclic amines) is 1. The van der Waals surface area contributed by atoms with Crippen LogP contribution in [-0.2, 0) is 16.1 Å². The van der Waals surface area contributed by atoms with Crippen molar-refractivity contribution >= 4 is 17.8 Å². The maximum Gasteiger partial charge on any atom is 0.305 e. The quantitative estimate of drug-likeness (QED) is 0.829. The molecule has 0 radical (unpaired) electrons. The van der Waals surface area contributed by atoms with Gasteiger partial charge in [0.2, 0.25) is 5.91 Å². The molecule has 0 unspecified atom stereocenters. The van der Waals surface area contributed by atoms with Crippen LogP contribution in [0, 0.1) is 0 Å². The first-order valence-electron chi connectivity index (χ1n) is 8.88. The molecule has 0 aromatic heterocycles. The lowest BCUT2D eigenvalue weighted by Gasteiger charge is -2.28. The van der Waals surface area contributed by atoms with E-state index in [1.54, 1.807) is 12.1 Å². The predicted molar refractivity (Wildman–Crippen MR) is 92.0 cm³/mol. The van der Waals surface area contributed by atoms with Crippen molar-refractivity contribution in [1.29, 1.82) is 0 Å². The van der Waals surface area contributed by atoms with Crippen LogP contribution >= 0.6 is 0 Å². The summed E-state index contributed by atoms with van der Waals surface area (Å²) in [6, 6.07) is 7.21. The minimum absolute atomic E-state index is 0.0338. The molecule has 2 aliphatic rings. The molecule has 0 atom stereocenters. The molecule has 6 heteroatoms. The zero-order valence-electron chi connectivity index (χ0n) is 14.3. The zero-order chi connectivity index (χ0) is 17.9. The van der Waals surface area contributed by atoms with Gasteiger partial charge in [0.05, 0.1) is 12.0 Å². The number of benzene rings is 1. The highest BCUT2D eigenvalue weighted by Crippen LogP contribution is 2.33. The van der Waals surface area contributed by atoms with Gasteiger partial charge in [-0.3, -0.25) is 14.4 Å². The minimum Gasteiger partial charge on any atom is -0.481 e. The predicted octanol–water partition coefficient (Wildman–Crippen LogP) is 2.33. The van der Waals surface area contributed by atoms with E-state index >= 15 is 0 Å². The summed E-state index contributed by atoms with van der Waals surface area (Å²) in [5.41, 5.74) is 0.893. The van der Waals surface area contributed by atoms with Gasteiger partial charge in [-0.15, -0.1) is 0 Å². The van der Waals surface area contributed by atoms with Crippen molar-refractivity contribution in [2.45, 2.75) is 57.0 Å². The molecule has 1 aromatic carbocycles. The van der Waals surface area contributed by atoms with Crippen LogP contribution in [0.1, 0.15) is 60.9 Å². The van der Waals surface area contributed by atoms with Crippen LogP contribution in [-0.4, -0.2) is 39.9 Å². The number of nitrogens with one attached hydrogen (secondary N) is 1. The molecule has 1 aromatic rings. The van der Waals surface area contributed by atoms with Crippen molar-refractivity contribution in [1.82, 2.24) is 10.2 Å². The topological polar surface area (TPSA) is 86.7 Å². The number of hydrogen-bond acceptors (Lipinski definition) is 3. The minimum atomic E-state index is -0.882. The normalized spacial score (nSPS) is 19.2. The summed E-state index contributed by atoms with van der Waals surface area (Å²) < 4.78 is 0. The summed E-state index contributed by atoms with van der Waals surface area (Å²) in [6.45, 7) is 1.36. The molecule has 1 saturated heterocycles. The highest BCUT2D eigenvalue weighted by molar-refractivity contribution is 5.95. The van der Waals surface area contributed by atoms with Crippen LogP contribution in [0.3, 0.4) is 0 Å². The Kier molecular flexibility index (Phi) is 5.06. The van der Waals surface area contributed by atoms with E-state index in [9.17, 15) is 14.4 Å². The van der Waals surface area contributed by atoms with Crippen LogP contribution in [0.25, 0.3) is 0 Å². The van der Waals surface area contributed by atoms with E-state index in [1.165, 1.54) is 0 Å². The Labute approximate surface area is 147 Å². The number of aliphatic carboxylic acids is 1. The maximum atomic E-state index is 12.5. The summed E-state index contributed by atoms with van der Waals surface area (Å²) >= 11 is 0. The number of carboxylic acid groups (broad SMARTS) is 1. The number of carbonyl (C=O) groups excluding carboxylic acids is 2. The number of carbonyl (C=O) groups is 3. The molecule has 0 spiro atoms. The molecule has 25 heavy (non-hydrogen) atoms. The number of hydrogen-bond donors (Lipinski definition) is 2. The van der Waals surface area contributed by atoms with E-state index in [1.807, 2.05) is 17.0 Å². The van der Waals surface area contributed by atoms with E-state index in [2.05, 4.69) is 5.32 Å².